The molecule has 0 unspecified atom stereocenters. The standard InChI is InChI=1S/C20H17AsS2/c1-22-15-8-10-19-17(12-15)18-13-16(23-2)9-11-20(18)21(19)14-6-4-3-5-7-14/h3-13H,1-2H3. The molecular weight excluding hydrogens is 379 g/mol. The quantitative estimate of drug-likeness (QED) is 0.383. The molecule has 0 saturated carbocycles. The Labute approximate surface area is 151 Å². The van der Waals surface area contributed by atoms with Crippen LogP contribution in [0.5, 0.6) is 0 Å². The molecule has 3 heteroatoms. The van der Waals surface area contributed by atoms with Crippen LogP contribution in [0.1, 0.15) is 0 Å². The van der Waals surface area contributed by atoms with Crippen LogP contribution in [0.25, 0.3) is 11.1 Å². The van der Waals surface area contributed by atoms with Crippen molar-refractivity contribution in [3.63, 3.8) is 0 Å². The predicted octanol–water partition coefficient (Wildman–Crippen LogP) is 3.63. The molecule has 0 nitrogen and oxygen atoms in total. The van der Waals surface area contributed by atoms with Gasteiger partial charge in [-0.25, -0.2) is 0 Å². The van der Waals surface area contributed by atoms with E-state index in [1.807, 2.05) is 23.5 Å². The second kappa shape index (κ2) is 6.43. The molecule has 0 saturated heterocycles. The summed E-state index contributed by atoms with van der Waals surface area (Å²) < 4.78 is 4.68. The average Bonchev–Trinajstić information content (AvgIpc) is 2.95. The van der Waals surface area contributed by atoms with Crippen molar-refractivity contribution in [1.29, 1.82) is 0 Å². The van der Waals surface area contributed by atoms with Gasteiger partial charge in [0.2, 0.25) is 0 Å². The van der Waals surface area contributed by atoms with E-state index in [1.54, 1.807) is 8.70 Å². The Morgan fingerprint density at radius 3 is 1.65 bits per heavy atom. The van der Waals surface area contributed by atoms with Crippen molar-refractivity contribution < 1.29 is 0 Å². The zero-order valence-corrected chi connectivity index (χ0v) is 16.6. The molecule has 4 rings (SSSR count). The van der Waals surface area contributed by atoms with Crippen LogP contribution < -0.4 is 13.1 Å². The monoisotopic (exact) mass is 396 g/mol. The van der Waals surface area contributed by atoms with Gasteiger partial charge in [-0.3, -0.25) is 0 Å². The van der Waals surface area contributed by atoms with Crippen molar-refractivity contribution in [2.75, 3.05) is 12.5 Å². The van der Waals surface area contributed by atoms with Gasteiger partial charge in [0.05, 0.1) is 0 Å². The summed E-state index contributed by atoms with van der Waals surface area (Å²) >= 11 is 2.25. The molecule has 0 bridgehead atoms. The van der Waals surface area contributed by atoms with Crippen molar-refractivity contribution in [3.05, 3.63) is 66.7 Å². The fraction of sp³-hybridized carbons (Fsp3) is 0.100. The van der Waals surface area contributed by atoms with E-state index in [0.717, 1.165) is 0 Å². The van der Waals surface area contributed by atoms with Gasteiger partial charge in [0.15, 0.2) is 0 Å². The minimum absolute atomic E-state index is 1.35. The van der Waals surface area contributed by atoms with Gasteiger partial charge in [0, 0.05) is 0 Å². The van der Waals surface area contributed by atoms with Crippen LogP contribution in [0.4, 0.5) is 0 Å². The van der Waals surface area contributed by atoms with Gasteiger partial charge in [-0.1, -0.05) is 0 Å². The first-order valence-electron chi connectivity index (χ1n) is 7.53. The topological polar surface area (TPSA) is 0 Å². The molecule has 0 spiro atoms. The van der Waals surface area contributed by atoms with Crippen LogP contribution in [-0.4, -0.2) is 27.2 Å². The van der Waals surface area contributed by atoms with Gasteiger partial charge in [0.1, 0.15) is 0 Å². The van der Waals surface area contributed by atoms with E-state index in [1.165, 1.54) is 25.3 Å². The summed E-state index contributed by atoms with van der Waals surface area (Å²) in [6.07, 6.45) is 4.31. The van der Waals surface area contributed by atoms with Crippen LogP contribution in [0.3, 0.4) is 0 Å². The first kappa shape index (κ1) is 15.4. The number of hydrogen-bond acceptors (Lipinski definition) is 2. The van der Waals surface area contributed by atoms with Crippen molar-refractivity contribution in [2.24, 2.45) is 0 Å². The van der Waals surface area contributed by atoms with E-state index in [4.69, 9.17) is 0 Å². The molecule has 3 aromatic rings. The number of rotatable bonds is 3. The third-order valence-electron chi connectivity index (χ3n) is 4.19. The molecule has 114 valence electrons. The van der Waals surface area contributed by atoms with Crippen LogP contribution in [0, 0.1) is 0 Å². The van der Waals surface area contributed by atoms with E-state index < -0.39 is 14.7 Å². The van der Waals surface area contributed by atoms with Gasteiger partial charge in [-0.2, -0.15) is 0 Å². The Hall–Kier alpha value is -1.08. The number of hydrogen-bond donors (Lipinski definition) is 0. The van der Waals surface area contributed by atoms with Crippen LogP contribution in [0.15, 0.2) is 76.5 Å². The molecule has 0 aromatic heterocycles. The van der Waals surface area contributed by atoms with Crippen LogP contribution in [0.2, 0.25) is 0 Å². The summed E-state index contributed by atoms with van der Waals surface area (Å²) in [5, 5.41) is 0. The third-order valence-corrected chi connectivity index (χ3v) is 11.0. The van der Waals surface area contributed by atoms with Crippen LogP contribution >= 0.6 is 23.5 Å². The SMILES string of the molecule is CSc1ccc2c(c1)-c1cc(SC)ccc1[As]2c1ccccc1. The van der Waals surface area contributed by atoms with Gasteiger partial charge in [-0.15, -0.1) is 0 Å². The molecule has 1 aliphatic rings. The van der Waals surface area contributed by atoms with Gasteiger partial charge < -0.3 is 0 Å². The summed E-state index contributed by atoms with van der Waals surface area (Å²) in [5.41, 5.74) is 2.93. The first-order chi connectivity index (χ1) is 11.3. The zero-order valence-electron chi connectivity index (χ0n) is 13.1. The van der Waals surface area contributed by atoms with E-state index in [0.29, 0.717) is 0 Å². The predicted molar refractivity (Wildman–Crippen MR) is 107 cm³/mol. The van der Waals surface area contributed by atoms with E-state index in [-0.39, 0.29) is 0 Å². The maximum atomic E-state index is 2.39. The second-order valence-corrected chi connectivity index (χ2v) is 11.7. The molecule has 0 fully saturated rings. The van der Waals surface area contributed by atoms with Gasteiger partial charge in [-0.05, 0) is 0 Å². The number of thioether (sulfide) groups is 2. The van der Waals surface area contributed by atoms with E-state index in [2.05, 4.69) is 79.2 Å². The molecule has 1 aliphatic heterocycles. The zero-order chi connectivity index (χ0) is 15.8. The van der Waals surface area contributed by atoms with Crippen LogP contribution in [-0.2, 0) is 0 Å². The molecule has 0 radical (unpaired) electrons. The molecule has 1 heterocycles. The Bertz CT molecular complexity index is 805. The average molecular weight is 396 g/mol. The fourth-order valence-corrected chi connectivity index (χ4v) is 9.39. The normalized spacial score (nSPS) is 13.0. The number of benzene rings is 3. The summed E-state index contributed by atoms with van der Waals surface area (Å²) in [6.45, 7) is 0. The molecule has 23 heavy (non-hydrogen) atoms. The Morgan fingerprint density at radius 1 is 0.652 bits per heavy atom. The van der Waals surface area contributed by atoms with Gasteiger partial charge in [0.25, 0.3) is 0 Å². The molecule has 3 aromatic carbocycles. The minimum atomic E-state index is -1.40. The Morgan fingerprint density at radius 2 is 1.17 bits per heavy atom. The van der Waals surface area contributed by atoms with E-state index in [9.17, 15) is 0 Å². The molecule has 0 amide bonds. The summed E-state index contributed by atoms with van der Waals surface area (Å²) in [7, 11) is 0. The third kappa shape index (κ3) is 2.67. The van der Waals surface area contributed by atoms with E-state index >= 15 is 0 Å². The fourth-order valence-electron chi connectivity index (χ4n) is 3.09. The van der Waals surface area contributed by atoms with Crippen molar-refractivity contribution in [1.82, 2.24) is 0 Å². The molecule has 0 aliphatic carbocycles. The Balaban J connectivity index is 1.97. The molecule has 0 atom stereocenters. The summed E-state index contributed by atoms with van der Waals surface area (Å²) in [5.74, 6) is 0. The molecular formula is C20H17AsS2. The summed E-state index contributed by atoms with van der Waals surface area (Å²) in [4.78, 5) is 2.71. The summed E-state index contributed by atoms with van der Waals surface area (Å²) in [6, 6.07) is 25.2. The van der Waals surface area contributed by atoms with Crippen molar-refractivity contribution in [3.8, 4) is 11.1 Å². The maximum absolute atomic E-state index is 2.39. The van der Waals surface area contributed by atoms with Crippen molar-refractivity contribution >= 4 is 51.2 Å². The number of fused-ring (bicyclic) bond motifs is 3. The molecule has 0 N–H and O–H groups in total. The Kier molecular flexibility index (Phi) is 4.32. The van der Waals surface area contributed by atoms with Crippen molar-refractivity contribution in [2.45, 2.75) is 9.79 Å². The second-order valence-electron chi connectivity index (χ2n) is 5.44. The van der Waals surface area contributed by atoms with Gasteiger partial charge >= 0.3 is 151 Å². The first-order valence-corrected chi connectivity index (χ1v) is 12.8.